The number of aliphatic hydroxyl groups is 1. The molecule has 2 rings (SSSR count). The highest BCUT2D eigenvalue weighted by Crippen LogP contribution is 2.31. The van der Waals surface area contributed by atoms with E-state index in [1.54, 1.807) is 19.1 Å². The molecule has 1 atom stereocenters. The van der Waals surface area contributed by atoms with Crippen LogP contribution in [0.1, 0.15) is 28.4 Å². The number of halogens is 1. The molecule has 0 spiro atoms. The van der Waals surface area contributed by atoms with Crippen LogP contribution in [0, 0.1) is 0 Å². The van der Waals surface area contributed by atoms with Crippen LogP contribution >= 0.6 is 15.9 Å². The number of carbonyl (C=O) groups excluding carboxylic acids is 1. The predicted molar refractivity (Wildman–Crippen MR) is 74.6 cm³/mol. The van der Waals surface area contributed by atoms with Crippen molar-refractivity contribution in [1.29, 1.82) is 0 Å². The molecule has 0 aliphatic carbocycles. The fraction of sp³-hybridized carbons (Fsp3) is 0.133. The zero-order valence-corrected chi connectivity index (χ0v) is 11.5. The van der Waals surface area contributed by atoms with Gasteiger partial charge in [-0.2, -0.15) is 0 Å². The van der Waals surface area contributed by atoms with E-state index in [1.165, 1.54) is 0 Å². The van der Waals surface area contributed by atoms with E-state index in [-0.39, 0.29) is 0 Å². The minimum absolute atomic E-state index is 0.538. The highest BCUT2D eigenvalue weighted by molar-refractivity contribution is 9.10. The Labute approximate surface area is 114 Å². The summed E-state index contributed by atoms with van der Waals surface area (Å²) in [4.78, 5) is 10.9. The second-order valence-electron chi connectivity index (χ2n) is 4.33. The standard InChI is InChI=1S/C15H13BrO2/c1-15(18,12-5-3-2-4-6-12)13-7-11(10-17)8-14(16)9-13/h2-10,18H,1H3. The molecular weight excluding hydrogens is 292 g/mol. The van der Waals surface area contributed by atoms with E-state index < -0.39 is 5.60 Å². The molecule has 0 heterocycles. The second kappa shape index (κ2) is 5.04. The molecule has 2 aromatic rings. The van der Waals surface area contributed by atoms with Crippen LogP contribution in [0.4, 0.5) is 0 Å². The van der Waals surface area contributed by atoms with Crippen LogP contribution in [0.5, 0.6) is 0 Å². The largest absolute Gasteiger partial charge is 0.381 e. The predicted octanol–water partition coefficient (Wildman–Crippen LogP) is 3.52. The molecule has 0 amide bonds. The third kappa shape index (κ3) is 2.52. The van der Waals surface area contributed by atoms with Crippen molar-refractivity contribution in [3.8, 4) is 0 Å². The molecule has 0 saturated carbocycles. The van der Waals surface area contributed by atoms with Crippen molar-refractivity contribution in [3.05, 3.63) is 69.7 Å². The molecule has 0 aliphatic rings. The van der Waals surface area contributed by atoms with Crippen molar-refractivity contribution in [2.24, 2.45) is 0 Å². The summed E-state index contributed by atoms with van der Waals surface area (Å²) in [6, 6.07) is 14.6. The lowest BCUT2D eigenvalue weighted by molar-refractivity contribution is 0.102. The normalized spacial score (nSPS) is 13.9. The molecular formula is C15H13BrO2. The number of hydrogen-bond acceptors (Lipinski definition) is 2. The van der Waals surface area contributed by atoms with E-state index in [0.717, 1.165) is 16.3 Å². The van der Waals surface area contributed by atoms with Crippen LogP contribution in [-0.2, 0) is 5.60 Å². The van der Waals surface area contributed by atoms with Crippen molar-refractivity contribution in [1.82, 2.24) is 0 Å². The van der Waals surface area contributed by atoms with Gasteiger partial charge < -0.3 is 5.11 Å². The van der Waals surface area contributed by atoms with Gasteiger partial charge in [-0.1, -0.05) is 46.3 Å². The van der Waals surface area contributed by atoms with Crippen molar-refractivity contribution in [2.75, 3.05) is 0 Å². The molecule has 18 heavy (non-hydrogen) atoms. The van der Waals surface area contributed by atoms with E-state index >= 15 is 0 Å². The zero-order chi connectivity index (χ0) is 13.2. The SMILES string of the molecule is CC(O)(c1ccccc1)c1cc(Br)cc(C=O)c1. The first-order chi connectivity index (χ1) is 8.54. The van der Waals surface area contributed by atoms with Crippen molar-refractivity contribution >= 4 is 22.2 Å². The summed E-state index contributed by atoms with van der Waals surface area (Å²) >= 11 is 3.35. The van der Waals surface area contributed by atoms with Crippen molar-refractivity contribution in [2.45, 2.75) is 12.5 Å². The molecule has 0 aromatic heterocycles. The van der Waals surface area contributed by atoms with Gasteiger partial charge in [0, 0.05) is 10.0 Å². The number of rotatable bonds is 3. The zero-order valence-electron chi connectivity index (χ0n) is 9.93. The van der Waals surface area contributed by atoms with Gasteiger partial charge >= 0.3 is 0 Å². The van der Waals surface area contributed by atoms with Gasteiger partial charge in [-0.15, -0.1) is 0 Å². The summed E-state index contributed by atoms with van der Waals surface area (Å²) in [5.41, 5.74) is 0.892. The third-order valence-corrected chi connectivity index (χ3v) is 3.41. The fourth-order valence-electron chi connectivity index (χ4n) is 1.89. The Morgan fingerprint density at radius 2 is 1.78 bits per heavy atom. The molecule has 2 aromatic carbocycles. The summed E-state index contributed by atoms with van der Waals surface area (Å²) in [6.45, 7) is 1.72. The Morgan fingerprint density at radius 3 is 2.39 bits per heavy atom. The summed E-state index contributed by atoms with van der Waals surface area (Å²) in [5.74, 6) is 0. The molecule has 2 nitrogen and oxygen atoms in total. The Morgan fingerprint density at radius 1 is 1.11 bits per heavy atom. The molecule has 0 fully saturated rings. The third-order valence-electron chi connectivity index (χ3n) is 2.95. The van der Waals surface area contributed by atoms with Gasteiger partial charge in [0.05, 0.1) is 0 Å². The van der Waals surface area contributed by atoms with E-state index in [0.29, 0.717) is 11.1 Å². The number of hydrogen-bond donors (Lipinski definition) is 1. The lowest BCUT2D eigenvalue weighted by Gasteiger charge is -2.25. The van der Waals surface area contributed by atoms with Gasteiger partial charge in [0.15, 0.2) is 0 Å². The first-order valence-corrected chi connectivity index (χ1v) is 6.37. The summed E-state index contributed by atoms with van der Waals surface area (Å²) in [7, 11) is 0. The minimum Gasteiger partial charge on any atom is -0.381 e. The van der Waals surface area contributed by atoms with Crippen LogP contribution < -0.4 is 0 Å². The summed E-state index contributed by atoms with van der Waals surface area (Å²) < 4.78 is 0.776. The molecule has 3 heteroatoms. The quantitative estimate of drug-likeness (QED) is 0.881. The van der Waals surface area contributed by atoms with E-state index in [1.807, 2.05) is 36.4 Å². The van der Waals surface area contributed by atoms with Gasteiger partial charge in [0.1, 0.15) is 11.9 Å². The van der Waals surface area contributed by atoms with Crippen LogP contribution in [0.3, 0.4) is 0 Å². The molecule has 92 valence electrons. The van der Waals surface area contributed by atoms with Gasteiger partial charge in [-0.25, -0.2) is 0 Å². The summed E-state index contributed by atoms with van der Waals surface area (Å²) in [6.07, 6.45) is 0.773. The first kappa shape index (κ1) is 13.0. The van der Waals surface area contributed by atoms with Crippen LogP contribution in [-0.4, -0.2) is 11.4 Å². The van der Waals surface area contributed by atoms with Gasteiger partial charge in [0.25, 0.3) is 0 Å². The van der Waals surface area contributed by atoms with Gasteiger partial charge in [-0.3, -0.25) is 4.79 Å². The Kier molecular flexibility index (Phi) is 3.64. The monoisotopic (exact) mass is 304 g/mol. The Bertz CT molecular complexity index is 562. The smallest absolute Gasteiger partial charge is 0.150 e. The molecule has 0 aliphatic heterocycles. The van der Waals surface area contributed by atoms with Gasteiger partial charge in [0.2, 0.25) is 0 Å². The van der Waals surface area contributed by atoms with Crippen molar-refractivity contribution in [3.63, 3.8) is 0 Å². The minimum atomic E-state index is -1.12. The lowest BCUT2D eigenvalue weighted by Crippen LogP contribution is -2.22. The van der Waals surface area contributed by atoms with E-state index in [2.05, 4.69) is 15.9 Å². The molecule has 1 N–H and O–H groups in total. The fourth-order valence-corrected chi connectivity index (χ4v) is 2.40. The highest BCUT2D eigenvalue weighted by Gasteiger charge is 2.25. The maximum absolute atomic E-state index is 10.9. The second-order valence-corrected chi connectivity index (χ2v) is 5.25. The molecule has 1 unspecified atom stereocenters. The Hall–Kier alpha value is -1.45. The van der Waals surface area contributed by atoms with E-state index in [9.17, 15) is 9.90 Å². The van der Waals surface area contributed by atoms with E-state index in [4.69, 9.17) is 0 Å². The molecule has 0 bridgehead atoms. The van der Waals surface area contributed by atoms with Gasteiger partial charge in [-0.05, 0) is 36.2 Å². The molecule has 0 radical (unpaired) electrons. The average molecular weight is 305 g/mol. The maximum atomic E-state index is 10.9. The first-order valence-electron chi connectivity index (χ1n) is 5.58. The number of aldehydes is 1. The average Bonchev–Trinajstić information content (AvgIpc) is 2.39. The number of carbonyl (C=O) groups is 1. The number of benzene rings is 2. The van der Waals surface area contributed by atoms with Crippen LogP contribution in [0.25, 0.3) is 0 Å². The topological polar surface area (TPSA) is 37.3 Å². The summed E-state index contributed by atoms with van der Waals surface area (Å²) in [5, 5.41) is 10.7. The van der Waals surface area contributed by atoms with Crippen molar-refractivity contribution < 1.29 is 9.90 Å². The van der Waals surface area contributed by atoms with Crippen LogP contribution in [0.2, 0.25) is 0 Å². The maximum Gasteiger partial charge on any atom is 0.150 e. The highest BCUT2D eigenvalue weighted by atomic mass is 79.9. The van der Waals surface area contributed by atoms with Crippen LogP contribution in [0.15, 0.2) is 53.0 Å². The Balaban J connectivity index is 2.53. The molecule has 0 saturated heterocycles. The lowest BCUT2D eigenvalue weighted by atomic mass is 9.87.